The molecule has 9 nitrogen and oxygen atoms in total. The van der Waals surface area contributed by atoms with Crippen LogP contribution in [0.4, 0.5) is 4.39 Å². The molecular formula is C25H32FN3O6S2. The Bertz CT molecular complexity index is 1290. The average molecular weight is 554 g/mol. The van der Waals surface area contributed by atoms with Crippen molar-refractivity contribution in [3.8, 4) is 5.75 Å². The quantitative estimate of drug-likeness (QED) is 0.452. The van der Waals surface area contributed by atoms with E-state index in [0.29, 0.717) is 31.7 Å². The van der Waals surface area contributed by atoms with Gasteiger partial charge in [-0.25, -0.2) is 25.5 Å². The highest BCUT2D eigenvalue weighted by molar-refractivity contribution is 7.89. The number of hydrogen-bond acceptors (Lipinski definition) is 6. The monoisotopic (exact) mass is 553 g/mol. The van der Waals surface area contributed by atoms with Gasteiger partial charge in [-0.2, -0.15) is 4.31 Å². The minimum Gasteiger partial charge on any atom is -0.492 e. The summed E-state index contributed by atoms with van der Waals surface area (Å²) in [6.45, 7) is 1.97. The topological polar surface area (TPSA) is 113 Å². The summed E-state index contributed by atoms with van der Waals surface area (Å²) in [6.07, 6.45) is 2.52. The van der Waals surface area contributed by atoms with Crippen LogP contribution in [0.15, 0.2) is 53.4 Å². The summed E-state index contributed by atoms with van der Waals surface area (Å²) in [5, 5.41) is 2.81. The van der Waals surface area contributed by atoms with Crippen LogP contribution >= 0.6 is 0 Å². The maximum Gasteiger partial charge on any atom is 0.243 e. The van der Waals surface area contributed by atoms with Crippen molar-refractivity contribution in [2.45, 2.75) is 36.3 Å². The number of rotatable bonds is 10. The highest BCUT2D eigenvalue weighted by atomic mass is 32.2. The van der Waals surface area contributed by atoms with E-state index in [1.807, 2.05) is 0 Å². The van der Waals surface area contributed by atoms with Gasteiger partial charge in [-0.3, -0.25) is 4.79 Å². The van der Waals surface area contributed by atoms with Crippen molar-refractivity contribution in [1.29, 1.82) is 0 Å². The fourth-order valence-corrected chi connectivity index (χ4v) is 7.67. The van der Waals surface area contributed by atoms with Gasteiger partial charge in [-0.1, -0.05) is 18.2 Å². The first kappa shape index (κ1) is 27.5. The van der Waals surface area contributed by atoms with Gasteiger partial charge in [-0.05, 0) is 56.0 Å². The normalized spacial score (nSPS) is 18.1. The predicted octanol–water partition coefficient (Wildman–Crippen LogP) is 2.35. The summed E-state index contributed by atoms with van der Waals surface area (Å²) in [4.78, 5) is 12.8. The van der Waals surface area contributed by atoms with Gasteiger partial charge in [0.05, 0.1) is 17.2 Å². The number of piperidine rings is 1. The van der Waals surface area contributed by atoms with E-state index in [-0.39, 0.29) is 48.5 Å². The summed E-state index contributed by atoms with van der Waals surface area (Å²) in [5.41, 5.74) is 0.130. The highest BCUT2D eigenvalue weighted by Gasteiger charge is 2.31. The van der Waals surface area contributed by atoms with Crippen molar-refractivity contribution in [2.24, 2.45) is 5.92 Å². The Balaban J connectivity index is 1.18. The molecule has 1 N–H and O–H groups in total. The third-order valence-electron chi connectivity index (χ3n) is 6.71. The lowest BCUT2D eigenvalue weighted by molar-refractivity contribution is -0.126. The first-order valence-electron chi connectivity index (χ1n) is 12.4. The van der Waals surface area contributed by atoms with Crippen LogP contribution in [0.2, 0.25) is 0 Å². The van der Waals surface area contributed by atoms with E-state index in [1.54, 1.807) is 18.2 Å². The van der Waals surface area contributed by atoms with E-state index in [0.717, 1.165) is 12.8 Å². The van der Waals surface area contributed by atoms with Crippen LogP contribution in [-0.2, 0) is 30.6 Å². The van der Waals surface area contributed by atoms with Crippen LogP contribution in [0.3, 0.4) is 0 Å². The molecule has 0 atom stereocenters. The summed E-state index contributed by atoms with van der Waals surface area (Å²) in [6, 6.07) is 12.1. The number of amides is 1. The van der Waals surface area contributed by atoms with E-state index in [1.165, 1.54) is 38.9 Å². The van der Waals surface area contributed by atoms with E-state index in [2.05, 4.69) is 5.32 Å². The summed E-state index contributed by atoms with van der Waals surface area (Å²) in [5.74, 6) is -0.927. The summed E-state index contributed by atoms with van der Waals surface area (Å²) >= 11 is 0. The summed E-state index contributed by atoms with van der Waals surface area (Å²) < 4.78 is 72.8. The Hall–Kier alpha value is -2.54. The predicted molar refractivity (Wildman–Crippen MR) is 136 cm³/mol. The van der Waals surface area contributed by atoms with Gasteiger partial charge in [0.15, 0.2) is 0 Å². The standard InChI is InChI=1S/C25H32FN3O6S2/c26-24-6-2-1-5-21(24)19-36(31,32)28-16-11-20(12-17-28)25(30)27-13-18-35-22-7-9-23(10-8-22)37(33,34)29-14-3-4-15-29/h1-2,5-10,20H,3-4,11-19H2,(H,27,30). The fourth-order valence-electron chi connectivity index (χ4n) is 4.57. The first-order chi connectivity index (χ1) is 17.7. The molecule has 4 rings (SSSR count). The largest absolute Gasteiger partial charge is 0.492 e. The summed E-state index contributed by atoms with van der Waals surface area (Å²) in [7, 11) is -7.15. The molecule has 0 bridgehead atoms. The molecule has 0 aliphatic carbocycles. The van der Waals surface area contributed by atoms with E-state index < -0.39 is 31.6 Å². The maximum absolute atomic E-state index is 13.9. The van der Waals surface area contributed by atoms with Crippen LogP contribution in [0, 0.1) is 11.7 Å². The zero-order valence-electron chi connectivity index (χ0n) is 20.5. The molecule has 202 valence electrons. The van der Waals surface area contributed by atoms with Gasteiger partial charge in [0.25, 0.3) is 0 Å². The molecule has 0 radical (unpaired) electrons. The second-order valence-corrected chi connectivity index (χ2v) is 13.1. The Morgan fingerprint density at radius 2 is 1.57 bits per heavy atom. The van der Waals surface area contributed by atoms with Crippen LogP contribution in [0.1, 0.15) is 31.2 Å². The molecule has 0 aromatic heterocycles. The van der Waals surface area contributed by atoms with E-state index in [9.17, 15) is 26.0 Å². The first-order valence-corrected chi connectivity index (χ1v) is 15.4. The van der Waals surface area contributed by atoms with Gasteiger partial charge >= 0.3 is 0 Å². The molecule has 2 aromatic rings. The zero-order valence-corrected chi connectivity index (χ0v) is 22.1. The molecule has 0 spiro atoms. The van der Waals surface area contributed by atoms with Gasteiger partial charge < -0.3 is 10.1 Å². The van der Waals surface area contributed by atoms with Crippen LogP contribution in [0.25, 0.3) is 0 Å². The van der Waals surface area contributed by atoms with Gasteiger partial charge in [0.1, 0.15) is 18.2 Å². The lowest BCUT2D eigenvalue weighted by Gasteiger charge is -2.30. The number of benzene rings is 2. The van der Waals surface area contributed by atoms with Crippen molar-refractivity contribution in [2.75, 3.05) is 39.3 Å². The van der Waals surface area contributed by atoms with Crippen molar-refractivity contribution in [3.05, 3.63) is 59.9 Å². The Morgan fingerprint density at radius 3 is 2.22 bits per heavy atom. The second kappa shape index (κ2) is 11.9. The number of nitrogens with one attached hydrogen (secondary N) is 1. The molecular weight excluding hydrogens is 521 g/mol. The Morgan fingerprint density at radius 1 is 0.919 bits per heavy atom. The van der Waals surface area contributed by atoms with Crippen LogP contribution < -0.4 is 10.1 Å². The van der Waals surface area contributed by atoms with Crippen molar-refractivity contribution in [3.63, 3.8) is 0 Å². The number of halogens is 1. The maximum atomic E-state index is 13.9. The van der Waals surface area contributed by atoms with Gasteiger partial charge in [0, 0.05) is 37.7 Å². The van der Waals surface area contributed by atoms with E-state index >= 15 is 0 Å². The molecule has 1 amide bonds. The van der Waals surface area contributed by atoms with Gasteiger partial charge in [-0.15, -0.1) is 0 Å². The Labute approximate surface area is 217 Å². The number of carbonyl (C=O) groups is 1. The molecule has 2 aliphatic rings. The lowest BCUT2D eigenvalue weighted by atomic mass is 9.97. The van der Waals surface area contributed by atoms with Gasteiger partial charge in [0.2, 0.25) is 26.0 Å². The molecule has 12 heteroatoms. The Kier molecular flexibility index (Phi) is 8.83. The number of sulfonamides is 2. The van der Waals surface area contributed by atoms with Crippen molar-refractivity contribution < 1.29 is 30.8 Å². The minimum atomic E-state index is -3.68. The number of hydrogen-bond donors (Lipinski definition) is 1. The number of carbonyl (C=O) groups excluding carboxylic acids is 1. The molecule has 37 heavy (non-hydrogen) atoms. The van der Waals surface area contributed by atoms with Crippen molar-refractivity contribution >= 4 is 26.0 Å². The molecule has 2 aliphatic heterocycles. The van der Waals surface area contributed by atoms with E-state index in [4.69, 9.17) is 4.74 Å². The average Bonchev–Trinajstić information content (AvgIpc) is 3.44. The lowest BCUT2D eigenvalue weighted by Crippen LogP contribution is -2.44. The highest BCUT2D eigenvalue weighted by Crippen LogP contribution is 2.24. The smallest absolute Gasteiger partial charge is 0.243 e. The zero-order chi connectivity index (χ0) is 26.5. The van der Waals surface area contributed by atoms with Crippen molar-refractivity contribution in [1.82, 2.24) is 13.9 Å². The SMILES string of the molecule is O=C(NCCOc1ccc(S(=O)(=O)N2CCCC2)cc1)C1CCN(S(=O)(=O)Cc2ccccc2F)CC1. The third kappa shape index (κ3) is 6.86. The second-order valence-electron chi connectivity index (χ2n) is 9.24. The van der Waals surface area contributed by atoms with Crippen LogP contribution in [-0.4, -0.2) is 70.7 Å². The third-order valence-corrected chi connectivity index (χ3v) is 10.5. The molecule has 2 fully saturated rings. The molecule has 0 saturated carbocycles. The number of ether oxygens (including phenoxy) is 1. The molecule has 2 heterocycles. The number of nitrogens with zero attached hydrogens (tertiary/aromatic N) is 2. The van der Waals surface area contributed by atoms with Crippen LogP contribution in [0.5, 0.6) is 5.75 Å². The minimum absolute atomic E-state index is 0.130. The molecule has 2 aromatic carbocycles. The molecule has 0 unspecified atom stereocenters. The fraction of sp³-hybridized carbons (Fsp3) is 0.480. The molecule has 2 saturated heterocycles.